The van der Waals surface area contributed by atoms with Gasteiger partial charge in [0.1, 0.15) is 6.42 Å². The molecule has 0 aliphatic carbocycles. The van der Waals surface area contributed by atoms with Gasteiger partial charge < -0.3 is 5.32 Å². The molecule has 0 bridgehead atoms. The van der Waals surface area contributed by atoms with Crippen LogP contribution in [0.5, 0.6) is 0 Å². The number of rotatable bonds is 2. The Kier molecular flexibility index (Phi) is 2.74. The van der Waals surface area contributed by atoms with Gasteiger partial charge in [0.25, 0.3) is 0 Å². The standard InChI is InChI=1S/C10H8F3N3O/c11-10(12,13)5-8(17)14-9-6-3-1-2-4-7(6)15-16-9/h1-4H,5H2,(H2,14,15,16,17). The molecule has 1 amide bonds. The van der Waals surface area contributed by atoms with E-state index in [1.807, 2.05) is 0 Å². The number of halogens is 3. The fourth-order valence-corrected chi connectivity index (χ4v) is 1.42. The molecule has 1 aromatic heterocycles. The minimum atomic E-state index is -4.52. The van der Waals surface area contributed by atoms with Gasteiger partial charge >= 0.3 is 6.18 Å². The third-order valence-corrected chi connectivity index (χ3v) is 2.09. The molecule has 2 aromatic rings. The summed E-state index contributed by atoms with van der Waals surface area (Å²) in [5, 5.41) is 9.04. The lowest BCUT2D eigenvalue weighted by molar-refractivity contribution is -0.150. The molecule has 0 atom stereocenters. The van der Waals surface area contributed by atoms with Gasteiger partial charge in [-0.1, -0.05) is 12.1 Å². The molecule has 17 heavy (non-hydrogen) atoms. The number of H-pyrrole nitrogens is 1. The van der Waals surface area contributed by atoms with Crippen molar-refractivity contribution < 1.29 is 18.0 Å². The number of amides is 1. The Bertz CT molecular complexity index is 547. The summed E-state index contributed by atoms with van der Waals surface area (Å²) in [6.07, 6.45) is -6.04. The van der Waals surface area contributed by atoms with Crippen LogP contribution in [0.2, 0.25) is 0 Å². The first-order valence-corrected chi connectivity index (χ1v) is 4.75. The van der Waals surface area contributed by atoms with Crippen molar-refractivity contribution in [1.82, 2.24) is 10.2 Å². The van der Waals surface area contributed by atoms with Gasteiger partial charge in [-0.3, -0.25) is 9.89 Å². The number of nitrogens with zero attached hydrogens (tertiary/aromatic N) is 1. The molecule has 0 saturated heterocycles. The summed E-state index contributed by atoms with van der Waals surface area (Å²) in [6.45, 7) is 0. The molecule has 4 nitrogen and oxygen atoms in total. The summed E-state index contributed by atoms with van der Waals surface area (Å²) in [6, 6.07) is 6.82. The molecule has 90 valence electrons. The van der Waals surface area contributed by atoms with E-state index in [0.717, 1.165) is 0 Å². The quantitative estimate of drug-likeness (QED) is 0.851. The summed E-state index contributed by atoms with van der Waals surface area (Å²) in [5.41, 5.74) is 0.648. The van der Waals surface area contributed by atoms with E-state index in [1.165, 1.54) is 0 Å². The van der Waals surface area contributed by atoms with Crippen LogP contribution in [0.15, 0.2) is 24.3 Å². The second-order valence-corrected chi connectivity index (χ2v) is 3.46. The van der Waals surface area contributed by atoms with Crippen molar-refractivity contribution in [2.75, 3.05) is 5.32 Å². The monoisotopic (exact) mass is 243 g/mol. The Hall–Kier alpha value is -2.05. The molecule has 0 unspecified atom stereocenters. The normalized spacial score (nSPS) is 11.7. The smallest absolute Gasteiger partial charge is 0.308 e. The van der Waals surface area contributed by atoms with Gasteiger partial charge in [-0.25, -0.2) is 0 Å². The van der Waals surface area contributed by atoms with E-state index >= 15 is 0 Å². The van der Waals surface area contributed by atoms with Crippen LogP contribution in [0.25, 0.3) is 10.9 Å². The SMILES string of the molecule is O=C(CC(F)(F)F)Nc1n[nH]c2ccccc12. The van der Waals surface area contributed by atoms with E-state index in [4.69, 9.17) is 0 Å². The molecule has 0 saturated carbocycles. The number of alkyl halides is 3. The fraction of sp³-hybridized carbons (Fsp3) is 0.200. The third kappa shape index (κ3) is 2.74. The highest BCUT2D eigenvalue weighted by Gasteiger charge is 2.31. The number of carbonyl (C=O) groups excluding carboxylic acids is 1. The van der Waals surface area contributed by atoms with Gasteiger partial charge in [-0.05, 0) is 12.1 Å². The maximum atomic E-state index is 12.0. The molecule has 0 radical (unpaired) electrons. The summed E-state index contributed by atoms with van der Waals surface area (Å²) < 4.78 is 35.9. The van der Waals surface area contributed by atoms with Crippen molar-refractivity contribution in [1.29, 1.82) is 0 Å². The van der Waals surface area contributed by atoms with Crippen LogP contribution >= 0.6 is 0 Å². The molecule has 2 rings (SSSR count). The lowest BCUT2D eigenvalue weighted by atomic mass is 10.2. The van der Waals surface area contributed by atoms with Crippen molar-refractivity contribution >= 4 is 22.6 Å². The number of hydrogen-bond donors (Lipinski definition) is 2. The Morgan fingerprint density at radius 1 is 1.35 bits per heavy atom. The number of aromatic amines is 1. The van der Waals surface area contributed by atoms with Crippen molar-refractivity contribution in [3.63, 3.8) is 0 Å². The minimum absolute atomic E-state index is 0.106. The number of carbonyl (C=O) groups is 1. The number of nitrogens with one attached hydrogen (secondary N) is 2. The summed E-state index contributed by atoms with van der Waals surface area (Å²) in [7, 11) is 0. The Morgan fingerprint density at radius 2 is 2.06 bits per heavy atom. The highest BCUT2D eigenvalue weighted by Crippen LogP contribution is 2.23. The van der Waals surface area contributed by atoms with Gasteiger partial charge in [-0.2, -0.15) is 18.3 Å². The molecule has 1 heterocycles. The second kappa shape index (κ2) is 4.08. The average Bonchev–Trinajstić information content (AvgIpc) is 2.59. The first-order valence-electron chi connectivity index (χ1n) is 4.75. The zero-order valence-corrected chi connectivity index (χ0v) is 8.51. The molecular weight excluding hydrogens is 235 g/mol. The molecule has 0 aliphatic rings. The van der Waals surface area contributed by atoms with Crippen LogP contribution in [-0.2, 0) is 4.79 Å². The molecular formula is C10H8F3N3O. The van der Waals surface area contributed by atoms with Crippen LogP contribution in [0.4, 0.5) is 19.0 Å². The highest BCUT2D eigenvalue weighted by molar-refractivity contribution is 5.99. The van der Waals surface area contributed by atoms with Gasteiger partial charge in [0.2, 0.25) is 5.91 Å². The zero-order valence-electron chi connectivity index (χ0n) is 8.51. The lowest BCUT2D eigenvalue weighted by Gasteiger charge is -2.05. The fourth-order valence-electron chi connectivity index (χ4n) is 1.42. The minimum Gasteiger partial charge on any atom is -0.308 e. The van der Waals surface area contributed by atoms with Gasteiger partial charge in [0, 0.05) is 5.39 Å². The second-order valence-electron chi connectivity index (χ2n) is 3.46. The van der Waals surface area contributed by atoms with Gasteiger partial charge in [0.15, 0.2) is 5.82 Å². The predicted octanol–water partition coefficient (Wildman–Crippen LogP) is 2.45. The first-order chi connectivity index (χ1) is 7.96. The van der Waals surface area contributed by atoms with Crippen LogP contribution in [0, 0.1) is 0 Å². The largest absolute Gasteiger partial charge is 0.397 e. The molecule has 0 aliphatic heterocycles. The van der Waals surface area contributed by atoms with Crippen molar-refractivity contribution in [3.8, 4) is 0 Å². The first kappa shape index (κ1) is 11.4. The molecule has 1 aromatic carbocycles. The molecule has 0 fully saturated rings. The van der Waals surface area contributed by atoms with Crippen molar-refractivity contribution in [3.05, 3.63) is 24.3 Å². The zero-order chi connectivity index (χ0) is 12.5. The topological polar surface area (TPSA) is 57.8 Å². The summed E-state index contributed by atoms with van der Waals surface area (Å²) in [4.78, 5) is 11.1. The molecule has 7 heteroatoms. The van der Waals surface area contributed by atoms with Gasteiger partial charge in [0.05, 0.1) is 5.52 Å². The van der Waals surface area contributed by atoms with Crippen LogP contribution in [-0.4, -0.2) is 22.3 Å². The third-order valence-electron chi connectivity index (χ3n) is 2.09. The lowest BCUT2D eigenvalue weighted by Crippen LogP contribution is -2.21. The van der Waals surface area contributed by atoms with Crippen LogP contribution in [0.3, 0.4) is 0 Å². The van der Waals surface area contributed by atoms with Crippen molar-refractivity contribution in [2.45, 2.75) is 12.6 Å². The number of aromatic nitrogens is 2. The maximum Gasteiger partial charge on any atom is 0.397 e. The van der Waals surface area contributed by atoms with Crippen molar-refractivity contribution in [2.24, 2.45) is 0 Å². The summed E-state index contributed by atoms with van der Waals surface area (Å²) in [5.74, 6) is -1.02. The Labute approximate surface area is 93.8 Å². The van der Waals surface area contributed by atoms with Crippen LogP contribution in [0.1, 0.15) is 6.42 Å². The summed E-state index contributed by atoms with van der Waals surface area (Å²) >= 11 is 0. The predicted molar refractivity (Wildman–Crippen MR) is 55.4 cm³/mol. The van der Waals surface area contributed by atoms with E-state index in [0.29, 0.717) is 10.9 Å². The molecule has 0 spiro atoms. The van der Waals surface area contributed by atoms with E-state index in [2.05, 4.69) is 15.5 Å². The Balaban J connectivity index is 2.16. The number of benzene rings is 1. The van der Waals surface area contributed by atoms with E-state index < -0.39 is 18.5 Å². The number of anilines is 1. The van der Waals surface area contributed by atoms with Crippen LogP contribution < -0.4 is 5.32 Å². The average molecular weight is 243 g/mol. The number of para-hydroxylation sites is 1. The van der Waals surface area contributed by atoms with E-state index in [9.17, 15) is 18.0 Å². The Morgan fingerprint density at radius 3 is 2.76 bits per heavy atom. The number of fused-ring (bicyclic) bond motifs is 1. The maximum absolute atomic E-state index is 12.0. The van der Waals surface area contributed by atoms with E-state index in [1.54, 1.807) is 24.3 Å². The van der Waals surface area contributed by atoms with E-state index in [-0.39, 0.29) is 5.82 Å². The number of hydrogen-bond acceptors (Lipinski definition) is 2. The van der Waals surface area contributed by atoms with Gasteiger partial charge in [-0.15, -0.1) is 0 Å². The highest BCUT2D eigenvalue weighted by atomic mass is 19.4. The molecule has 2 N–H and O–H groups in total.